The van der Waals surface area contributed by atoms with E-state index in [0.29, 0.717) is 0 Å². The highest BCUT2D eigenvalue weighted by Crippen LogP contribution is 2.20. The van der Waals surface area contributed by atoms with Gasteiger partial charge in [0.05, 0.1) is 13.2 Å². The molecule has 0 saturated carbocycles. The molecule has 2 N–H and O–H groups in total. The summed E-state index contributed by atoms with van der Waals surface area (Å²) in [5.41, 5.74) is -1.34. The largest absolute Gasteiger partial charge is 0.395 e. The van der Waals surface area contributed by atoms with Gasteiger partial charge in [0.15, 0.2) is 11.2 Å². The number of halogens is 2. The Hall–Kier alpha value is -3.01. The van der Waals surface area contributed by atoms with Crippen molar-refractivity contribution in [2.45, 2.75) is 6.54 Å². The summed E-state index contributed by atoms with van der Waals surface area (Å²) < 4.78 is 31.5. The van der Waals surface area contributed by atoms with Gasteiger partial charge in [-0.1, -0.05) is 6.07 Å². The van der Waals surface area contributed by atoms with E-state index >= 15 is 0 Å². The smallest absolute Gasteiger partial charge is 0.332 e. The molecule has 1 aromatic carbocycles. The van der Waals surface area contributed by atoms with Crippen LogP contribution in [0.3, 0.4) is 0 Å². The molecule has 0 spiro atoms. The molecule has 0 saturated heterocycles. The third-order valence-corrected chi connectivity index (χ3v) is 4.12. The summed E-state index contributed by atoms with van der Waals surface area (Å²) in [6.45, 7) is -0.415. The van der Waals surface area contributed by atoms with Crippen molar-refractivity contribution in [3.63, 3.8) is 0 Å². The van der Waals surface area contributed by atoms with Crippen molar-refractivity contribution in [1.82, 2.24) is 18.7 Å². The Balaban J connectivity index is 2.31. The van der Waals surface area contributed by atoms with Crippen LogP contribution in [-0.2, 0) is 20.6 Å². The van der Waals surface area contributed by atoms with Crippen LogP contribution >= 0.6 is 0 Å². The lowest BCUT2D eigenvalue weighted by Gasteiger charge is -2.11. The molecule has 3 rings (SSSR count). The monoisotopic (exact) mass is 365 g/mol. The van der Waals surface area contributed by atoms with E-state index in [-0.39, 0.29) is 42.4 Å². The zero-order chi connectivity index (χ0) is 19.0. The minimum absolute atomic E-state index is 0.0256. The van der Waals surface area contributed by atoms with Gasteiger partial charge in [-0.05, 0) is 12.1 Å². The Kier molecular flexibility index (Phi) is 4.60. The van der Waals surface area contributed by atoms with E-state index < -0.39 is 22.9 Å². The van der Waals surface area contributed by atoms with Crippen molar-refractivity contribution in [3.05, 3.63) is 56.2 Å². The number of hydrogen-bond acceptors (Lipinski definition) is 5. The number of aryl methyl sites for hydroxylation is 1. The molecule has 0 aliphatic heterocycles. The Bertz CT molecular complexity index is 1080. The quantitative estimate of drug-likeness (QED) is 0.672. The van der Waals surface area contributed by atoms with Crippen molar-refractivity contribution in [3.8, 4) is 0 Å². The van der Waals surface area contributed by atoms with Gasteiger partial charge in [-0.3, -0.25) is 18.5 Å². The molecule has 0 atom stereocenters. The molecule has 3 aromatic rings. The van der Waals surface area contributed by atoms with Crippen molar-refractivity contribution in [2.75, 3.05) is 18.5 Å². The summed E-state index contributed by atoms with van der Waals surface area (Å²) in [5, 5.41) is 11.8. The molecule has 2 aromatic heterocycles. The highest BCUT2D eigenvalue weighted by Gasteiger charge is 2.21. The summed E-state index contributed by atoms with van der Waals surface area (Å²) in [6, 6.07) is 3.48. The first kappa shape index (κ1) is 17.8. The summed E-state index contributed by atoms with van der Waals surface area (Å²) in [7, 11) is 2.76. The van der Waals surface area contributed by atoms with Crippen LogP contribution < -0.4 is 16.6 Å². The average molecular weight is 365 g/mol. The first-order valence-electron chi connectivity index (χ1n) is 7.80. The first-order chi connectivity index (χ1) is 12.4. The number of aliphatic hydroxyl groups excluding tert-OH is 1. The number of rotatable bonds is 5. The van der Waals surface area contributed by atoms with Gasteiger partial charge in [0.25, 0.3) is 5.56 Å². The van der Waals surface area contributed by atoms with E-state index in [1.54, 1.807) is 0 Å². The zero-order valence-corrected chi connectivity index (χ0v) is 14.2. The van der Waals surface area contributed by atoms with Gasteiger partial charge in [0.2, 0.25) is 5.95 Å². The average Bonchev–Trinajstić information content (AvgIpc) is 2.98. The molecule has 26 heavy (non-hydrogen) atoms. The lowest BCUT2D eigenvalue weighted by atomic mass is 10.2. The second-order valence-electron chi connectivity index (χ2n) is 5.75. The van der Waals surface area contributed by atoms with Gasteiger partial charge in [0, 0.05) is 26.2 Å². The fraction of sp³-hybridized carbons (Fsp3) is 0.312. The van der Waals surface area contributed by atoms with Crippen LogP contribution in [0.1, 0.15) is 5.56 Å². The molecule has 2 heterocycles. The molecule has 138 valence electrons. The molecule has 0 fully saturated rings. The highest BCUT2D eigenvalue weighted by molar-refractivity contribution is 5.74. The lowest BCUT2D eigenvalue weighted by molar-refractivity contribution is 0.310. The molecule has 0 bridgehead atoms. The van der Waals surface area contributed by atoms with Crippen molar-refractivity contribution in [1.29, 1.82) is 0 Å². The van der Waals surface area contributed by atoms with E-state index in [1.807, 2.05) is 0 Å². The zero-order valence-electron chi connectivity index (χ0n) is 14.2. The minimum atomic E-state index is -0.762. The molecular weight excluding hydrogens is 348 g/mol. The number of anilines is 1. The molecule has 0 amide bonds. The number of nitrogens with zero attached hydrogens (tertiary/aromatic N) is 4. The molecule has 8 nitrogen and oxygen atoms in total. The summed E-state index contributed by atoms with van der Waals surface area (Å²) in [4.78, 5) is 28.9. The number of imidazole rings is 1. The summed E-state index contributed by atoms with van der Waals surface area (Å²) in [6.07, 6.45) is 0. The molecular formula is C16H17F2N5O3. The number of benzene rings is 1. The number of nitrogens with one attached hydrogen (secondary N) is 1. The second-order valence-corrected chi connectivity index (χ2v) is 5.75. The number of hydrogen-bond donors (Lipinski definition) is 2. The van der Waals surface area contributed by atoms with E-state index in [0.717, 1.165) is 16.7 Å². The number of aliphatic hydroxyl groups is 1. The van der Waals surface area contributed by atoms with Gasteiger partial charge >= 0.3 is 5.69 Å². The van der Waals surface area contributed by atoms with Gasteiger partial charge in [-0.15, -0.1) is 0 Å². The maximum absolute atomic E-state index is 14.1. The lowest BCUT2D eigenvalue weighted by Crippen LogP contribution is -2.37. The first-order valence-corrected chi connectivity index (χ1v) is 7.80. The Labute approximate surface area is 145 Å². The van der Waals surface area contributed by atoms with Crippen molar-refractivity contribution in [2.24, 2.45) is 14.1 Å². The third-order valence-electron chi connectivity index (χ3n) is 4.12. The Morgan fingerprint density at radius 1 is 1.15 bits per heavy atom. The molecule has 0 radical (unpaired) electrons. The summed E-state index contributed by atoms with van der Waals surface area (Å²) in [5.74, 6) is -1.40. The van der Waals surface area contributed by atoms with E-state index in [9.17, 15) is 18.4 Å². The fourth-order valence-corrected chi connectivity index (χ4v) is 2.74. The van der Waals surface area contributed by atoms with Gasteiger partial charge in [-0.2, -0.15) is 4.98 Å². The van der Waals surface area contributed by atoms with Crippen LogP contribution in [0, 0.1) is 11.6 Å². The van der Waals surface area contributed by atoms with E-state index in [4.69, 9.17) is 5.11 Å². The van der Waals surface area contributed by atoms with Crippen molar-refractivity contribution >= 4 is 17.1 Å². The van der Waals surface area contributed by atoms with Crippen LogP contribution in [0.25, 0.3) is 11.2 Å². The number of aromatic nitrogens is 4. The fourth-order valence-electron chi connectivity index (χ4n) is 2.74. The topological polar surface area (TPSA) is 94.1 Å². The molecule has 0 unspecified atom stereocenters. The standard InChI is InChI=1S/C16H17F2N5O3/c1-21-13-12(14(25)22(2)16(21)26)23(15(20-13)19-6-7-24)8-9-10(17)4-3-5-11(9)18/h3-5,24H,6-8H2,1-2H3,(H,19,20). The van der Waals surface area contributed by atoms with E-state index in [2.05, 4.69) is 10.3 Å². The maximum atomic E-state index is 14.1. The van der Waals surface area contributed by atoms with Crippen LogP contribution in [0.2, 0.25) is 0 Å². The van der Waals surface area contributed by atoms with Gasteiger partial charge < -0.3 is 10.4 Å². The summed E-state index contributed by atoms with van der Waals surface area (Å²) >= 11 is 0. The maximum Gasteiger partial charge on any atom is 0.332 e. The molecule has 0 aliphatic rings. The molecule has 0 aliphatic carbocycles. The number of fused-ring (bicyclic) bond motifs is 1. The van der Waals surface area contributed by atoms with Crippen LogP contribution in [-0.4, -0.2) is 36.9 Å². The Morgan fingerprint density at radius 3 is 2.42 bits per heavy atom. The van der Waals surface area contributed by atoms with Gasteiger partial charge in [-0.25, -0.2) is 13.6 Å². The van der Waals surface area contributed by atoms with Crippen LogP contribution in [0.5, 0.6) is 0 Å². The van der Waals surface area contributed by atoms with Gasteiger partial charge in [0.1, 0.15) is 11.6 Å². The van der Waals surface area contributed by atoms with Crippen LogP contribution in [0.15, 0.2) is 27.8 Å². The van der Waals surface area contributed by atoms with Crippen LogP contribution in [0.4, 0.5) is 14.7 Å². The van der Waals surface area contributed by atoms with E-state index in [1.165, 1.54) is 29.3 Å². The van der Waals surface area contributed by atoms with Crippen molar-refractivity contribution < 1.29 is 13.9 Å². The third kappa shape index (κ3) is 2.77. The highest BCUT2D eigenvalue weighted by atomic mass is 19.1. The second kappa shape index (κ2) is 6.71. The predicted molar refractivity (Wildman–Crippen MR) is 91.3 cm³/mol. The predicted octanol–water partition coefficient (Wildman–Crippen LogP) is 0.164. The molecule has 10 heteroatoms. The SMILES string of the molecule is Cn1c(=O)c2c(nc(NCCO)n2Cc2c(F)cccc2F)n(C)c1=O. The Morgan fingerprint density at radius 2 is 1.81 bits per heavy atom. The normalized spacial score (nSPS) is 11.3. The minimum Gasteiger partial charge on any atom is -0.395 e.